The molecule has 1 atom stereocenters. The summed E-state index contributed by atoms with van der Waals surface area (Å²) in [4.78, 5) is 12.2. The number of aromatic nitrogens is 1. The van der Waals surface area contributed by atoms with Crippen molar-refractivity contribution in [1.82, 2.24) is 19.7 Å². The van der Waals surface area contributed by atoms with Crippen molar-refractivity contribution in [2.45, 2.75) is 51.4 Å². The maximum Gasteiger partial charge on any atom is 0.123 e. The topological polar surface area (TPSA) is 52.1 Å². The van der Waals surface area contributed by atoms with E-state index >= 15 is 0 Å². The summed E-state index contributed by atoms with van der Waals surface area (Å²) < 4.78 is 5.85. The molecule has 2 aliphatic rings. The molecule has 4 rings (SSSR count). The minimum Gasteiger partial charge on any atom is -0.494 e. The third-order valence-corrected chi connectivity index (χ3v) is 6.93. The van der Waals surface area contributed by atoms with Gasteiger partial charge in [0.15, 0.2) is 0 Å². The SMILES string of the molecule is CCOc1ccccc1CN1CCN(C2CCN(Cc3ccccn3)CC2)CC1CCO. The fourth-order valence-corrected chi connectivity index (χ4v) is 5.19. The number of likely N-dealkylation sites (tertiary alicyclic amines) is 1. The molecule has 2 saturated heterocycles. The van der Waals surface area contributed by atoms with E-state index in [9.17, 15) is 5.11 Å². The number of hydrogen-bond donors (Lipinski definition) is 1. The number of benzene rings is 1. The Morgan fingerprint density at radius 3 is 2.56 bits per heavy atom. The molecular weight excluding hydrogens is 400 g/mol. The van der Waals surface area contributed by atoms with Crippen LogP contribution in [0.1, 0.15) is 37.4 Å². The highest BCUT2D eigenvalue weighted by Crippen LogP contribution is 2.26. The Morgan fingerprint density at radius 2 is 1.81 bits per heavy atom. The summed E-state index contributed by atoms with van der Waals surface area (Å²) >= 11 is 0. The van der Waals surface area contributed by atoms with Gasteiger partial charge in [0.25, 0.3) is 0 Å². The van der Waals surface area contributed by atoms with Gasteiger partial charge in [0, 0.05) is 76.3 Å². The van der Waals surface area contributed by atoms with Crippen LogP contribution in [0.2, 0.25) is 0 Å². The lowest BCUT2D eigenvalue weighted by atomic mass is 9.99. The summed E-state index contributed by atoms with van der Waals surface area (Å²) in [5.74, 6) is 0.987. The highest BCUT2D eigenvalue weighted by molar-refractivity contribution is 5.33. The van der Waals surface area contributed by atoms with Gasteiger partial charge in [0.2, 0.25) is 0 Å². The van der Waals surface area contributed by atoms with Crippen molar-refractivity contribution >= 4 is 0 Å². The Bertz CT molecular complexity index is 810. The molecular formula is C26H38N4O2. The van der Waals surface area contributed by atoms with Crippen molar-refractivity contribution in [3.05, 3.63) is 59.9 Å². The predicted molar refractivity (Wildman–Crippen MR) is 128 cm³/mol. The van der Waals surface area contributed by atoms with E-state index in [1.807, 2.05) is 25.3 Å². The fraction of sp³-hybridized carbons (Fsp3) is 0.577. The number of aliphatic hydroxyl groups is 1. The smallest absolute Gasteiger partial charge is 0.123 e. The maximum absolute atomic E-state index is 9.73. The van der Waals surface area contributed by atoms with Crippen LogP contribution >= 0.6 is 0 Å². The molecule has 1 aromatic carbocycles. The summed E-state index contributed by atoms with van der Waals surface area (Å²) in [6, 6.07) is 15.6. The van der Waals surface area contributed by atoms with E-state index in [-0.39, 0.29) is 6.61 Å². The summed E-state index contributed by atoms with van der Waals surface area (Å²) in [6.45, 7) is 10.2. The van der Waals surface area contributed by atoms with Gasteiger partial charge in [0.1, 0.15) is 5.75 Å². The minimum atomic E-state index is 0.241. The molecule has 6 nitrogen and oxygen atoms in total. The molecule has 1 aromatic heterocycles. The fourth-order valence-electron chi connectivity index (χ4n) is 5.19. The number of para-hydroxylation sites is 1. The highest BCUT2D eigenvalue weighted by atomic mass is 16.5. The number of nitrogens with zero attached hydrogens (tertiary/aromatic N) is 4. The van der Waals surface area contributed by atoms with E-state index in [1.54, 1.807) is 0 Å². The number of hydrogen-bond acceptors (Lipinski definition) is 6. The van der Waals surface area contributed by atoms with Gasteiger partial charge in [-0.15, -0.1) is 0 Å². The molecule has 2 aromatic rings. The number of rotatable bonds is 9. The molecule has 6 heteroatoms. The third kappa shape index (κ3) is 6.07. The molecule has 1 N–H and O–H groups in total. The zero-order chi connectivity index (χ0) is 22.2. The second-order valence-corrected chi connectivity index (χ2v) is 9.00. The lowest BCUT2D eigenvalue weighted by Crippen LogP contribution is -2.57. The number of pyridine rings is 1. The van der Waals surface area contributed by atoms with Crippen LogP contribution in [0.5, 0.6) is 5.75 Å². The van der Waals surface area contributed by atoms with Crippen molar-refractivity contribution in [2.75, 3.05) is 45.9 Å². The molecule has 0 saturated carbocycles. The second kappa shape index (κ2) is 11.8. The zero-order valence-electron chi connectivity index (χ0n) is 19.4. The molecule has 0 radical (unpaired) electrons. The van der Waals surface area contributed by atoms with Crippen LogP contribution in [-0.4, -0.2) is 82.8 Å². The first-order chi connectivity index (χ1) is 15.8. The lowest BCUT2D eigenvalue weighted by molar-refractivity contribution is 0.0119. The second-order valence-electron chi connectivity index (χ2n) is 9.00. The van der Waals surface area contributed by atoms with Crippen molar-refractivity contribution in [2.24, 2.45) is 0 Å². The molecule has 2 fully saturated rings. The van der Waals surface area contributed by atoms with E-state index < -0.39 is 0 Å². The molecule has 0 bridgehead atoms. The lowest BCUT2D eigenvalue weighted by Gasteiger charge is -2.46. The molecule has 0 spiro atoms. The minimum absolute atomic E-state index is 0.241. The monoisotopic (exact) mass is 438 g/mol. The first-order valence-corrected chi connectivity index (χ1v) is 12.2. The quantitative estimate of drug-likeness (QED) is 0.650. The molecule has 0 amide bonds. The first-order valence-electron chi connectivity index (χ1n) is 12.2. The molecule has 174 valence electrons. The largest absolute Gasteiger partial charge is 0.494 e. The molecule has 32 heavy (non-hydrogen) atoms. The Kier molecular flexibility index (Phi) is 8.51. The summed E-state index contributed by atoms with van der Waals surface area (Å²) in [6.07, 6.45) is 5.14. The number of piperidine rings is 1. The summed E-state index contributed by atoms with van der Waals surface area (Å²) in [5.41, 5.74) is 2.41. The molecule has 2 aliphatic heterocycles. The van der Waals surface area contributed by atoms with Gasteiger partial charge in [-0.3, -0.25) is 19.7 Å². The standard InChI is InChI=1S/C26H38N4O2/c1-2-32-26-9-4-3-7-22(26)19-29-16-17-30(21-25(29)12-18-31)24-10-14-28(15-11-24)20-23-8-5-6-13-27-23/h3-9,13,24-25,31H,2,10-12,14-21H2,1H3. The average molecular weight is 439 g/mol. The van der Waals surface area contributed by atoms with Gasteiger partial charge in [0.05, 0.1) is 12.3 Å². The van der Waals surface area contributed by atoms with Gasteiger partial charge in [-0.05, 0) is 44.4 Å². The Labute approximate surface area is 192 Å². The van der Waals surface area contributed by atoms with Gasteiger partial charge in [-0.25, -0.2) is 0 Å². The van der Waals surface area contributed by atoms with Crippen molar-refractivity contribution in [1.29, 1.82) is 0 Å². The van der Waals surface area contributed by atoms with E-state index in [4.69, 9.17) is 4.74 Å². The maximum atomic E-state index is 9.73. The van der Waals surface area contributed by atoms with Crippen LogP contribution in [0.4, 0.5) is 0 Å². The van der Waals surface area contributed by atoms with Crippen LogP contribution in [0.15, 0.2) is 48.7 Å². The van der Waals surface area contributed by atoms with Crippen LogP contribution in [-0.2, 0) is 13.1 Å². The number of aliphatic hydroxyl groups excluding tert-OH is 1. The van der Waals surface area contributed by atoms with Gasteiger partial charge in [-0.2, -0.15) is 0 Å². The Morgan fingerprint density at radius 1 is 1.00 bits per heavy atom. The average Bonchev–Trinajstić information content (AvgIpc) is 2.83. The first kappa shape index (κ1) is 23.2. The van der Waals surface area contributed by atoms with Crippen molar-refractivity contribution in [3.63, 3.8) is 0 Å². The third-order valence-electron chi connectivity index (χ3n) is 6.93. The van der Waals surface area contributed by atoms with E-state index in [2.05, 4.69) is 50.0 Å². The van der Waals surface area contributed by atoms with Crippen molar-refractivity contribution in [3.8, 4) is 5.75 Å². The Balaban J connectivity index is 1.31. The number of piperazine rings is 1. The predicted octanol–water partition coefficient (Wildman–Crippen LogP) is 3.01. The summed E-state index contributed by atoms with van der Waals surface area (Å²) in [7, 11) is 0. The van der Waals surface area contributed by atoms with Gasteiger partial charge < -0.3 is 9.84 Å². The number of ether oxygens (including phenoxy) is 1. The van der Waals surface area contributed by atoms with Crippen LogP contribution < -0.4 is 4.74 Å². The normalized spacial score (nSPS) is 21.6. The Hall–Kier alpha value is -1.99. The van der Waals surface area contributed by atoms with E-state index in [1.165, 1.54) is 18.4 Å². The molecule has 1 unspecified atom stereocenters. The zero-order valence-corrected chi connectivity index (χ0v) is 19.4. The van der Waals surface area contributed by atoms with Crippen molar-refractivity contribution < 1.29 is 9.84 Å². The van der Waals surface area contributed by atoms with Gasteiger partial charge >= 0.3 is 0 Å². The molecule has 0 aliphatic carbocycles. The van der Waals surface area contributed by atoms with Gasteiger partial charge in [-0.1, -0.05) is 24.3 Å². The van der Waals surface area contributed by atoms with E-state index in [0.29, 0.717) is 18.7 Å². The summed E-state index contributed by atoms with van der Waals surface area (Å²) in [5, 5.41) is 9.73. The highest BCUT2D eigenvalue weighted by Gasteiger charge is 2.32. The van der Waals surface area contributed by atoms with Crippen LogP contribution in [0, 0.1) is 0 Å². The van der Waals surface area contributed by atoms with Crippen LogP contribution in [0.3, 0.4) is 0 Å². The van der Waals surface area contributed by atoms with E-state index in [0.717, 1.165) is 63.7 Å². The molecule has 3 heterocycles. The van der Waals surface area contributed by atoms with Crippen LogP contribution in [0.25, 0.3) is 0 Å².